The third-order valence-corrected chi connectivity index (χ3v) is 4.33. The Labute approximate surface area is 187 Å². The zero-order chi connectivity index (χ0) is 23.5. The first-order valence-electron chi connectivity index (χ1n) is 10.3. The minimum atomic E-state index is -0.443. The number of pyridine rings is 1. The van der Waals surface area contributed by atoms with Gasteiger partial charge in [0.2, 0.25) is 5.95 Å². The molecule has 0 radical (unpaired) electrons. The monoisotopic (exact) mass is 438 g/mol. The normalized spacial score (nSPS) is 12.1. The van der Waals surface area contributed by atoms with Gasteiger partial charge in [-0.1, -0.05) is 33.3 Å². The van der Waals surface area contributed by atoms with E-state index < -0.39 is 5.91 Å². The van der Waals surface area contributed by atoms with E-state index in [0.717, 1.165) is 11.1 Å². The second kappa shape index (κ2) is 12.3. The van der Waals surface area contributed by atoms with Crippen LogP contribution in [-0.2, 0) is 11.3 Å². The van der Waals surface area contributed by atoms with Crippen LogP contribution < -0.4 is 11.5 Å². The quantitative estimate of drug-likeness (QED) is 0.423. The Morgan fingerprint density at radius 2 is 1.84 bits per heavy atom. The maximum atomic E-state index is 12.4. The SMILES string of the molecule is CCC.COCCn1cc(C(=O)N=C(N)C(C)c2ccc(-c3cnc(N)nc3)nc2)cn1. The Morgan fingerprint density at radius 3 is 2.44 bits per heavy atom. The molecule has 3 heterocycles. The van der Waals surface area contributed by atoms with Crippen molar-refractivity contribution >= 4 is 17.7 Å². The number of nitrogen functional groups attached to an aromatic ring is 1. The van der Waals surface area contributed by atoms with Crippen molar-refractivity contribution in [2.24, 2.45) is 10.7 Å². The minimum absolute atomic E-state index is 0.199. The number of aliphatic imine (C=N–C) groups is 1. The molecule has 10 heteroatoms. The fourth-order valence-corrected chi connectivity index (χ4v) is 2.53. The lowest BCUT2D eigenvalue weighted by Crippen LogP contribution is -2.21. The van der Waals surface area contributed by atoms with Crippen LogP contribution in [0.25, 0.3) is 11.3 Å². The van der Waals surface area contributed by atoms with Crippen molar-refractivity contribution in [3.63, 3.8) is 0 Å². The predicted octanol–water partition coefficient (Wildman–Crippen LogP) is 2.68. The van der Waals surface area contributed by atoms with E-state index in [2.05, 4.69) is 38.9 Å². The number of nitrogens with two attached hydrogens (primary N) is 2. The number of ether oxygens (including phenoxy) is 1. The van der Waals surface area contributed by atoms with E-state index in [1.807, 2.05) is 19.1 Å². The van der Waals surface area contributed by atoms with Crippen molar-refractivity contribution in [1.82, 2.24) is 24.7 Å². The molecule has 4 N–H and O–H groups in total. The van der Waals surface area contributed by atoms with Gasteiger partial charge < -0.3 is 16.2 Å². The van der Waals surface area contributed by atoms with Crippen molar-refractivity contribution in [1.29, 1.82) is 0 Å². The van der Waals surface area contributed by atoms with Gasteiger partial charge in [0.1, 0.15) is 5.84 Å². The highest BCUT2D eigenvalue weighted by molar-refractivity contribution is 6.04. The molecule has 32 heavy (non-hydrogen) atoms. The van der Waals surface area contributed by atoms with Crippen LogP contribution in [0.1, 0.15) is 49.0 Å². The summed E-state index contributed by atoms with van der Waals surface area (Å²) >= 11 is 0. The summed E-state index contributed by atoms with van der Waals surface area (Å²) in [5.41, 5.74) is 14.2. The van der Waals surface area contributed by atoms with Gasteiger partial charge in [0.15, 0.2) is 0 Å². The Morgan fingerprint density at radius 1 is 1.16 bits per heavy atom. The third-order valence-electron chi connectivity index (χ3n) is 4.33. The number of nitrogens with zero attached hydrogens (tertiary/aromatic N) is 6. The molecular formula is C22H30N8O2. The fraction of sp³-hybridized carbons (Fsp3) is 0.364. The van der Waals surface area contributed by atoms with Gasteiger partial charge in [-0.3, -0.25) is 14.5 Å². The maximum Gasteiger partial charge on any atom is 0.281 e. The predicted molar refractivity (Wildman–Crippen MR) is 124 cm³/mol. The van der Waals surface area contributed by atoms with Crippen LogP contribution in [0, 0.1) is 0 Å². The van der Waals surface area contributed by atoms with Crippen LogP contribution in [0.2, 0.25) is 0 Å². The van der Waals surface area contributed by atoms with Crippen molar-refractivity contribution < 1.29 is 9.53 Å². The molecule has 0 aliphatic heterocycles. The minimum Gasteiger partial charge on any atom is -0.387 e. The number of methoxy groups -OCH3 is 1. The summed E-state index contributed by atoms with van der Waals surface area (Å²) in [4.78, 5) is 28.7. The smallest absolute Gasteiger partial charge is 0.281 e. The van der Waals surface area contributed by atoms with Crippen LogP contribution >= 0.6 is 0 Å². The van der Waals surface area contributed by atoms with E-state index in [1.165, 1.54) is 12.6 Å². The largest absolute Gasteiger partial charge is 0.387 e. The van der Waals surface area contributed by atoms with Crippen LogP contribution in [0.4, 0.5) is 5.95 Å². The first kappa shape index (κ1) is 24.6. The second-order valence-corrected chi connectivity index (χ2v) is 7.06. The summed E-state index contributed by atoms with van der Waals surface area (Å²) in [6.07, 6.45) is 9.23. The van der Waals surface area contributed by atoms with E-state index in [9.17, 15) is 4.79 Å². The number of carbonyl (C=O) groups is 1. The number of amides is 1. The Hall–Kier alpha value is -3.66. The Balaban J connectivity index is 0.00000114. The molecule has 0 bridgehead atoms. The zero-order valence-corrected chi connectivity index (χ0v) is 18.9. The van der Waals surface area contributed by atoms with E-state index in [0.29, 0.717) is 24.4 Å². The fourth-order valence-electron chi connectivity index (χ4n) is 2.53. The van der Waals surface area contributed by atoms with E-state index >= 15 is 0 Å². The molecule has 3 aromatic heterocycles. The van der Waals surface area contributed by atoms with Crippen LogP contribution in [0.5, 0.6) is 0 Å². The molecule has 1 unspecified atom stereocenters. The summed E-state index contributed by atoms with van der Waals surface area (Å²) in [6, 6.07) is 3.70. The highest BCUT2D eigenvalue weighted by atomic mass is 16.5. The first-order valence-corrected chi connectivity index (χ1v) is 10.3. The van der Waals surface area contributed by atoms with Gasteiger partial charge in [-0.2, -0.15) is 10.1 Å². The number of amidine groups is 1. The van der Waals surface area contributed by atoms with Crippen molar-refractivity contribution in [3.8, 4) is 11.3 Å². The molecule has 0 aliphatic rings. The summed E-state index contributed by atoms with van der Waals surface area (Å²) in [5.74, 6) is -0.324. The Bertz CT molecular complexity index is 1010. The number of carbonyl (C=O) groups excluding carboxylic acids is 1. The molecule has 10 nitrogen and oxygen atoms in total. The molecule has 0 saturated heterocycles. The van der Waals surface area contributed by atoms with Gasteiger partial charge in [0, 0.05) is 43.4 Å². The average Bonchev–Trinajstić information content (AvgIpc) is 3.27. The highest BCUT2D eigenvalue weighted by Gasteiger charge is 2.15. The molecule has 3 rings (SSSR count). The molecule has 0 fully saturated rings. The maximum absolute atomic E-state index is 12.4. The van der Waals surface area contributed by atoms with Crippen molar-refractivity contribution in [3.05, 3.63) is 54.2 Å². The summed E-state index contributed by atoms with van der Waals surface area (Å²) in [7, 11) is 1.60. The van der Waals surface area contributed by atoms with Crippen molar-refractivity contribution in [2.45, 2.75) is 39.7 Å². The molecule has 1 atom stereocenters. The van der Waals surface area contributed by atoms with Crippen LogP contribution in [0.3, 0.4) is 0 Å². The number of rotatable bonds is 7. The average molecular weight is 439 g/mol. The standard InChI is InChI=1S/C19H22N8O2.C3H8/c1-12(13-3-4-16(22-7-13)14-8-23-19(21)24-9-14)17(20)26-18(28)15-10-25-27(11-15)5-6-29-2;1-3-2/h3-4,7-12H,5-6H2,1-2H3,(H2,20,26,28)(H2,21,23,24);3H2,1-2H3. The molecule has 170 valence electrons. The highest BCUT2D eigenvalue weighted by Crippen LogP contribution is 2.20. The summed E-state index contributed by atoms with van der Waals surface area (Å²) < 4.78 is 6.61. The number of anilines is 1. The van der Waals surface area contributed by atoms with Gasteiger partial charge in [0.05, 0.1) is 30.6 Å². The van der Waals surface area contributed by atoms with Crippen molar-refractivity contribution in [2.75, 3.05) is 19.5 Å². The lowest BCUT2D eigenvalue weighted by molar-refractivity contribution is 0.100. The topological polar surface area (TPSA) is 147 Å². The lowest BCUT2D eigenvalue weighted by atomic mass is 10.0. The molecule has 0 spiro atoms. The molecule has 0 saturated carbocycles. The Kier molecular flexibility index (Phi) is 9.43. The third kappa shape index (κ3) is 6.95. The summed E-state index contributed by atoms with van der Waals surface area (Å²) in [6.45, 7) is 7.16. The van der Waals surface area contributed by atoms with Gasteiger partial charge in [0.25, 0.3) is 5.91 Å². The molecule has 0 aromatic carbocycles. The molecule has 1 amide bonds. The van der Waals surface area contributed by atoms with Gasteiger partial charge in [-0.05, 0) is 11.6 Å². The number of hydrogen-bond acceptors (Lipinski definition) is 7. The second-order valence-electron chi connectivity index (χ2n) is 7.06. The van der Waals surface area contributed by atoms with E-state index in [1.54, 1.807) is 36.6 Å². The van der Waals surface area contributed by atoms with E-state index in [-0.39, 0.29) is 17.7 Å². The molecular weight excluding hydrogens is 408 g/mol. The van der Waals surface area contributed by atoms with Gasteiger partial charge in [-0.15, -0.1) is 0 Å². The number of aromatic nitrogens is 5. The zero-order valence-electron chi connectivity index (χ0n) is 18.9. The van der Waals surface area contributed by atoms with Gasteiger partial charge in [-0.25, -0.2) is 9.97 Å². The molecule has 3 aromatic rings. The van der Waals surface area contributed by atoms with Crippen LogP contribution in [0.15, 0.2) is 48.1 Å². The van der Waals surface area contributed by atoms with Gasteiger partial charge >= 0.3 is 0 Å². The lowest BCUT2D eigenvalue weighted by Gasteiger charge is -2.11. The number of hydrogen-bond donors (Lipinski definition) is 2. The first-order chi connectivity index (χ1) is 15.4. The van der Waals surface area contributed by atoms with E-state index in [4.69, 9.17) is 16.2 Å². The molecule has 0 aliphatic carbocycles. The van der Waals surface area contributed by atoms with Crippen LogP contribution in [-0.4, -0.2) is 50.2 Å². The summed E-state index contributed by atoms with van der Waals surface area (Å²) in [5, 5.41) is 4.11.